The second kappa shape index (κ2) is 9.19. The average Bonchev–Trinajstić information content (AvgIpc) is 2.74. The molecule has 1 aromatic rings. The van der Waals surface area contributed by atoms with E-state index in [4.69, 9.17) is 0 Å². The van der Waals surface area contributed by atoms with Crippen LogP contribution in [0.2, 0.25) is 0 Å². The Kier molecular flexibility index (Phi) is 6.43. The third-order valence-corrected chi connectivity index (χ3v) is 6.95. The quantitative estimate of drug-likeness (QED) is 0.768. The molecule has 0 aromatic heterocycles. The number of carbonyl (C=O) groups is 2. The summed E-state index contributed by atoms with van der Waals surface area (Å²) in [6, 6.07) is 8.60. The first-order valence-electron chi connectivity index (χ1n) is 11.1. The molecule has 3 heterocycles. The van der Waals surface area contributed by atoms with E-state index < -0.39 is 0 Å². The maximum absolute atomic E-state index is 12.1. The molecule has 0 aliphatic carbocycles. The fourth-order valence-corrected chi connectivity index (χ4v) is 5.04. The van der Waals surface area contributed by atoms with Gasteiger partial charge in [0.05, 0.1) is 5.92 Å². The smallest absolute Gasteiger partial charge is 0.234 e. The van der Waals surface area contributed by atoms with E-state index in [1.165, 1.54) is 70.4 Å². The van der Waals surface area contributed by atoms with Gasteiger partial charge in [0.25, 0.3) is 0 Å². The molecular weight excluding hydrogens is 350 g/mol. The van der Waals surface area contributed by atoms with Crippen molar-refractivity contribution < 1.29 is 9.59 Å². The summed E-state index contributed by atoms with van der Waals surface area (Å²) >= 11 is 0. The standard InChI is InChI=1S/C23H33N3O2/c27-22-6-5-21(23(28)25-22)20-3-1-18(2-4-20)19-10-15-26(16-11-19)14-9-17-7-12-24-13-8-17/h1-4,17,19,21,24H,5-16H2,(H,25,27,28). The fraction of sp³-hybridized carbons (Fsp3) is 0.652. The van der Waals surface area contributed by atoms with Gasteiger partial charge in [0.15, 0.2) is 0 Å². The first-order valence-corrected chi connectivity index (χ1v) is 11.1. The molecule has 2 amide bonds. The monoisotopic (exact) mass is 383 g/mol. The molecule has 3 saturated heterocycles. The molecule has 1 aromatic carbocycles. The van der Waals surface area contributed by atoms with Crippen molar-refractivity contribution in [1.29, 1.82) is 0 Å². The zero-order valence-corrected chi connectivity index (χ0v) is 16.8. The van der Waals surface area contributed by atoms with E-state index in [1.807, 2.05) is 0 Å². The van der Waals surface area contributed by atoms with Crippen LogP contribution in [0.15, 0.2) is 24.3 Å². The van der Waals surface area contributed by atoms with Crippen molar-refractivity contribution in [2.24, 2.45) is 5.92 Å². The van der Waals surface area contributed by atoms with Crippen molar-refractivity contribution in [2.45, 2.75) is 56.8 Å². The number of nitrogens with one attached hydrogen (secondary N) is 2. The van der Waals surface area contributed by atoms with Crippen LogP contribution in [0.5, 0.6) is 0 Å². The van der Waals surface area contributed by atoms with E-state index in [2.05, 4.69) is 39.8 Å². The minimum atomic E-state index is -0.177. The van der Waals surface area contributed by atoms with Gasteiger partial charge in [-0.25, -0.2) is 0 Å². The number of benzene rings is 1. The van der Waals surface area contributed by atoms with Crippen LogP contribution in [0.3, 0.4) is 0 Å². The molecule has 5 nitrogen and oxygen atoms in total. The Hall–Kier alpha value is -1.72. The fourth-order valence-electron chi connectivity index (χ4n) is 5.04. The van der Waals surface area contributed by atoms with E-state index in [1.54, 1.807) is 0 Å². The number of amides is 2. The number of carbonyl (C=O) groups excluding carboxylic acids is 2. The lowest BCUT2D eigenvalue weighted by Gasteiger charge is -2.33. The van der Waals surface area contributed by atoms with Crippen LogP contribution in [-0.2, 0) is 9.59 Å². The van der Waals surface area contributed by atoms with Gasteiger partial charge in [0, 0.05) is 6.42 Å². The summed E-state index contributed by atoms with van der Waals surface area (Å²) < 4.78 is 0. The molecule has 3 fully saturated rings. The van der Waals surface area contributed by atoms with Crippen molar-refractivity contribution in [2.75, 3.05) is 32.7 Å². The summed E-state index contributed by atoms with van der Waals surface area (Å²) in [6.45, 7) is 6.05. The van der Waals surface area contributed by atoms with Crippen LogP contribution in [0.25, 0.3) is 0 Å². The largest absolute Gasteiger partial charge is 0.317 e. The SMILES string of the molecule is O=C1CCC(c2ccc(C3CCN(CCC4CCNCC4)CC3)cc2)C(=O)N1. The van der Waals surface area contributed by atoms with Gasteiger partial charge < -0.3 is 10.2 Å². The highest BCUT2D eigenvalue weighted by Gasteiger charge is 2.28. The zero-order chi connectivity index (χ0) is 19.3. The molecule has 0 radical (unpaired) electrons. The molecule has 3 aliphatic heterocycles. The highest BCUT2D eigenvalue weighted by molar-refractivity contribution is 6.00. The molecule has 3 aliphatic rings. The van der Waals surface area contributed by atoms with Crippen molar-refractivity contribution in [3.05, 3.63) is 35.4 Å². The van der Waals surface area contributed by atoms with E-state index in [9.17, 15) is 9.59 Å². The molecule has 0 saturated carbocycles. The zero-order valence-electron chi connectivity index (χ0n) is 16.8. The minimum absolute atomic E-state index is 0.147. The first-order chi connectivity index (χ1) is 13.7. The van der Waals surface area contributed by atoms with Gasteiger partial charge in [0.2, 0.25) is 11.8 Å². The summed E-state index contributed by atoms with van der Waals surface area (Å²) in [5.74, 6) is 1.07. The summed E-state index contributed by atoms with van der Waals surface area (Å²) in [7, 11) is 0. The second-order valence-corrected chi connectivity index (χ2v) is 8.77. The highest BCUT2D eigenvalue weighted by Crippen LogP contribution is 2.31. The average molecular weight is 384 g/mol. The van der Waals surface area contributed by atoms with Crippen LogP contribution in [0.1, 0.15) is 67.9 Å². The molecule has 28 heavy (non-hydrogen) atoms. The molecular formula is C23H33N3O2. The summed E-state index contributed by atoms with van der Waals surface area (Å²) in [6.07, 6.45) is 7.56. The molecule has 0 bridgehead atoms. The van der Waals surface area contributed by atoms with Crippen molar-refractivity contribution in [3.8, 4) is 0 Å². The lowest BCUT2D eigenvalue weighted by Crippen LogP contribution is -2.39. The van der Waals surface area contributed by atoms with Gasteiger partial charge in [0.1, 0.15) is 0 Å². The second-order valence-electron chi connectivity index (χ2n) is 8.77. The normalized spacial score (nSPS) is 25.6. The third kappa shape index (κ3) is 4.81. The molecule has 2 N–H and O–H groups in total. The van der Waals surface area contributed by atoms with Gasteiger partial charge in [-0.1, -0.05) is 24.3 Å². The Balaban J connectivity index is 1.25. The van der Waals surface area contributed by atoms with Gasteiger partial charge in [-0.3, -0.25) is 14.9 Å². The van der Waals surface area contributed by atoms with Crippen LogP contribution in [0.4, 0.5) is 0 Å². The summed E-state index contributed by atoms with van der Waals surface area (Å²) in [5, 5.41) is 5.91. The predicted octanol–water partition coefficient (Wildman–Crippen LogP) is 2.78. The number of hydrogen-bond donors (Lipinski definition) is 2. The number of rotatable bonds is 5. The number of piperidine rings is 3. The van der Waals surface area contributed by atoms with Gasteiger partial charge in [-0.2, -0.15) is 0 Å². The first kappa shape index (κ1) is 19.6. The Labute approximate surface area is 168 Å². The van der Waals surface area contributed by atoms with Gasteiger partial charge >= 0.3 is 0 Å². The van der Waals surface area contributed by atoms with Crippen LogP contribution in [0, 0.1) is 5.92 Å². The summed E-state index contributed by atoms with van der Waals surface area (Å²) in [5.41, 5.74) is 2.43. The van der Waals surface area contributed by atoms with E-state index in [-0.39, 0.29) is 17.7 Å². The van der Waals surface area contributed by atoms with Crippen molar-refractivity contribution in [1.82, 2.24) is 15.5 Å². The van der Waals surface area contributed by atoms with Crippen LogP contribution in [-0.4, -0.2) is 49.4 Å². The highest BCUT2D eigenvalue weighted by atomic mass is 16.2. The molecule has 4 rings (SSSR count). The predicted molar refractivity (Wildman–Crippen MR) is 110 cm³/mol. The Morgan fingerprint density at radius 3 is 2.25 bits per heavy atom. The molecule has 152 valence electrons. The Bertz CT molecular complexity index is 674. The van der Waals surface area contributed by atoms with Gasteiger partial charge in [-0.15, -0.1) is 0 Å². The van der Waals surface area contributed by atoms with Crippen molar-refractivity contribution in [3.63, 3.8) is 0 Å². The lowest BCUT2D eigenvalue weighted by atomic mass is 9.85. The number of nitrogens with zero attached hydrogens (tertiary/aromatic N) is 1. The van der Waals surface area contributed by atoms with Crippen LogP contribution >= 0.6 is 0 Å². The maximum Gasteiger partial charge on any atom is 0.234 e. The van der Waals surface area contributed by atoms with E-state index in [0.29, 0.717) is 18.8 Å². The molecule has 0 spiro atoms. The van der Waals surface area contributed by atoms with E-state index in [0.717, 1.165) is 11.5 Å². The number of likely N-dealkylation sites (tertiary alicyclic amines) is 1. The van der Waals surface area contributed by atoms with E-state index >= 15 is 0 Å². The lowest BCUT2D eigenvalue weighted by molar-refractivity contribution is -0.134. The number of hydrogen-bond acceptors (Lipinski definition) is 4. The van der Waals surface area contributed by atoms with Crippen LogP contribution < -0.4 is 10.6 Å². The molecule has 1 atom stereocenters. The Morgan fingerprint density at radius 1 is 0.893 bits per heavy atom. The Morgan fingerprint density at radius 2 is 1.57 bits per heavy atom. The van der Waals surface area contributed by atoms with Crippen molar-refractivity contribution >= 4 is 11.8 Å². The van der Waals surface area contributed by atoms with Gasteiger partial charge in [-0.05, 0) is 94.2 Å². The number of imide groups is 1. The third-order valence-electron chi connectivity index (χ3n) is 6.95. The summed E-state index contributed by atoms with van der Waals surface area (Å²) in [4.78, 5) is 26.0. The minimum Gasteiger partial charge on any atom is -0.317 e. The molecule has 1 unspecified atom stereocenters. The topological polar surface area (TPSA) is 61.4 Å². The molecule has 5 heteroatoms. The maximum atomic E-state index is 12.1.